The molecule has 46 heavy (non-hydrogen) atoms. The molecule has 0 aromatic heterocycles. The maximum atomic E-state index is 9.20. The fraction of sp³-hybridized carbons (Fsp3) is 0.486. The first-order chi connectivity index (χ1) is 22.2. The van der Waals surface area contributed by atoms with Crippen molar-refractivity contribution in [2.75, 3.05) is 27.4 Å². The number of ether oxygens (including phenoxy) is 4. The molecule has 1 aliphatic rings. The van der Waals surface area contributed by atoms with Crippen molar-refractivity contribution in [1.29, 1.82) is 5.26 Å². The summed E-state index contributed by atoms with van der Waals surface area (Å²) >= 11 is 0. The molecule has 3 aromatic carbocycles. The molecule has 0 saturated carbocycles. The van der Waals surface area contributed by atoms with Gasteiger partial charge in [0.05, 0.1) is 52.1 Å². The average Bonchev–Trinajstić information content (AvgIpc) is 3.33. The normalized spacial score (nSPS) is 20.7. The number of benzene rings is 3. The highest BCUT2D eigenvalue weighted by atomic mass is 31.2. The summed E-state index contributed by atoms with van der Waals surface area (Å²) in [6, 6.07) is 28.9. The van der Waals surface area contributed by atoms with Gasteiger partial charge in [-0.05, 0) is 75.6 Å². The van der Waals surface area contributed by atoms with Gasteiger partial charge in [-0.1, -0.05) is 61.5 Å². The van der Waals surface area contributed by atoms with Crippen LogP contribution in [0.25, 0.3) is 0 Å². The van der Waals surface area contributed by atoms with Gasteiger partial charge in [-0.3, -0.25) is 0 Å². The first-order valence-electron chi connectivity index (χ1n) is 16.0. The minimum atomic E-state index is -1.46. The Kier molecular flexibility index (Phi) is 13.0. The Balaban J connectivity index is 1.75. The Hall–Kier alpha value is -3.02. The zero-order valence-electron chi connectivity index (χ0n) is 28.4. The van der Waals surface area contributed by atoms with Crippen LogP contribution < -0.4 is 9.47 Å². The fourth-order valence-corrected chi connectivity index (χ4v) is 7.90. The quantitative estimate of drug-likeness (QED) is 0.0876. The highest BCUT2D eigenvalue weighted by Gasteiger charge is 2.46. The molecule has 0 N–H and O–H groups in total. The third kappa shape index (κ3) is 8.09. The average molecular weight is 649 g/mol. The molecule has 1 fully saturated rings. The second-order valence-electron chi connectivity index (χ2n) is 12.2. The summed E-state index contributed by atoms with van der Waals surface area (Å²) < 4.78 is 40.2. The van der Waals surface area contributed by atoms with Gasteiger partial charge in [-0.15, -0.1) is 0 Å². The largest absolute Gasteiger partial charge is 0.497 e. The van der Waals surface area contributed by atoms with E-state index in [0.717, 1.165) is 28.2 Å². The molecule has 5 unspecified atom stereocenters. The van der Waals surface area contributed by atoms with E-state index in [1.165, 1.54) is 0 Å². The summed E-state index contributed by atoms with van der Waals surface area (Å²) in [5.41, 5.74) is 1.91. The van der Waals surface area contributed by atoms with Gasteiger partial charge in [0.2, 0.25) is 0 Å². The van der Waals surface area contributed by atoms with E-state index in [-0.39, 0.29) is 42.9 Å². The van der Waals surface area contributed by atoms with Gasteiger partial charge in [-0.25, -0.2) is 4.67 Å². The highest BCUT2D eigenvalue weighted by molar-refractivity contribution is 7.44. The van der Waals surface area contributed by atoms with Gasteiger partial charge in [-0.2, -0.15) is 5.26 Å². The Labute approximate surface area is 276 Å². The molecule has 248 valence electrons. The molecule has 0 radical (unpaired) electrons. The van der Waals surface area contributed by atoms with Crippen LogP contribution in [0, 0.1) is 17.2 Å². The van der Waals surface area contributed by atoms with Crippen LogP contribution in [0.1, 0.15) is 64.7 Å². The van der Waals surface area contributed by atoms with Crippen molar-refractivity contribution >= 4 is 8.53 Å². The minimum Gasteiger partial charge on any atom is -0.497 e. The Bertz CT molecular complexity index is 1320. The van der Waals surface area contributed by atoms with E-state index in [4.69, 9.17) is 28.0 Å². The minimum absolute atomic E-state index is 0.0470. The molecule has 1 saturated heterocycles. The van der Waals surface area contributed by atoms with Gasteiger partial charge in [0.25, 0.3) is 8.53 Å². The lowest BCUT2D eigenvalue weighted by molar-refractivity contribution is -0.0777. The molecule has 0 spiro atoms. The molecule has 9 heteroatoms. The van der Waals surface area contributed by atoms with E-state index >= 15 is 0 Å². The predicted octanol–water partition coefficient (Wildman–Crippen LogP) is 8.10. The Morgan fingerprint density at radius 2 is 1.35 bits per heavy atom. The third-order valence-electron chi connectivity index (χ3n) is 8.53. The maximum Gasteiger partial charge on any atom is 0.259 e. The third-order valence-corrected chi connectivity index (χ3v) is 10.7. The summed E-state index contributed by atoms with van der Waals surface area (Å²) in [7, 11) is 1.87. The molecule has 8 nitrogen and oxygen atoms in total. The first kappa shape index (κ1) is 35.8. The molecule has 5 atom stereocenters. The second kappa shape index (κ2) is 16.7. The van der Waals surface area contributed by atoms with Crippen molar-refractivity contribution in [2.24, 2.45) is 5.92 Å². The van der Waals surface area contributed by atoms with Crippen molar-refractivity contribution in [3.05, 3.63) is 95.6 Å². The van der Waals surface area contributed by atoms with Crippen LogP contribution in [0.4, 0.5) is 0 Å². The summed E-state index contributed by atoms with van der Waals surface area (Å²) in [5, 5.41) is 9.20. The number of nitrogens with zero attached hydrogens (tertiary/aromatic N) is 2. The second-order valence-corrected chi connectivity index (χ2v) is 13.6. The summed E-state index contributed by atoms with van der Waals surface area (Å²) in [6.45, 7) is 13.4. The van der Waals surface area contributed by atoms with Gasteiger partial charge in [0.15, 0.2) is 0 Å². The van der Waals surface area contributed by atoms with E-state index in [1.807, 2.05) is 42.5 Å². The monoisotopic (exact) mass is 648 g/mol. The number of nitriles is 1. The Morgan fingerprint density at radius 1 is 0.826 bits per heavy atom. The summed E-state index contributed by atoms with van der Waals surface area (Å²) in [5.74, 6) is 1.62. The molecular formula is C37H49N2O6P. The van der Waals surface area contributed by atoms with Gasteiger partial charge in [0, 0.05) is 18.0 Å². The molecule has 0 aliphatic carbocycles. The zero-order valence-corrected chi connectivity index (χ0v) is 29.3. The van der Waals surface area contributed by atoms with Crippen molar-refractivity contribution < 1.29 is 28.0 Å². The molecule has 1 aliphatic heterocycles. The standard InChI is InChI=1S/C37H49N2O6P/c1-26(2)39(27(3)4)46(43-24-12-23-38)45-36-28(5)29(6)44-35(36)25-42-37(30-13-10-9-11-14-30,31-15-19-33(40-7)20-16-31)32-17-21-34(41-8)22-18-32/h9-11,13-22,26-29,35-36H,12,24-25H2,1-8H3. The van der Waals surface area contributed by atoms with Crippen LogP contribution in [0.15, 0.2) is 78.9 Å². The molecule has 1 heterocycles. The summed E-state index contributed by atoms with van der Waals surface area (Å²) in [6.07, 6.45) is -0.400. The van der Waals surface area contributed by atoms with Crippen LogP contribution in [0.2, 0.25) is 0 Å². The highest BCUT2D eigenvalue weighted by Crippen LogP contribution is 2.50. The van der Waals surface area contributed by atoms with Gasteiger partial charge >= 0.3 is 0 Å². The lowest BCUT2D eigenvalue weighted by atomic mass is 9.80. The zero-order chi connectivity index (χ0) is 33.3. The number of hydrogen-bond donors (Lipinski definition) is 0. The van der Waals surface area contributed by atoms with E-state index in [0.29, 0.717) is 13.0 Å². The molecule has 0 amide bonds. The Morgan fingerprint density at radius 3 is 1.83 bits per heavy atom. The molecule has 0 bridgehead atoms. The molecule has 4 rings (SSSR count). The summed E-state index contributed by atoms with van der Waals surface area (Å²) in [4.78, 5) is 0. The van der Waals surface area contributed by atoms with Crippen LogP contribution in [0.5, 0.6) is 11.5 Å². The van der Waals surface area contributed by atoms with Crippen molar-refractivity contribution in [3.8, 4) is 17.6 Å². The van der Waals surface area contributed by atoms with Crippen LogP contribution >= 0.6 is 8.53 Å². The number of hydrogen-bond acceptors (Lipinski definition) is 8. The predicted molar refractivity (Wildman–Crippen MR) is 182 cm³/mol. The van der Waals surface area contributed by atoms with E-state index in [2.05, 4.69) is 88.7 Å². The smallest absolute Gasteiger partial charge is 0.259 e. The lowest BCUT2D eigenvalue weighted by Crippen LogP contribution is -2.40. The topological polar surface area (TPSA) is 82.4 Å². The number of rotatable bonds is 16. The maximum absolute atomic E-state index is 9.20. The fourth-order valence-electron chi connectivity index (χ4n) is 6.06. The first-order valence-corrected chi connectivity index (χ1v) is 17.2. The van der Waals surface area contributed by atoms with Gasteiger partial charge in [0.1, 0.15) is 23.2 Å². The molecule has 3 aromatic rings. The number of methoxy groups -OCH3 is 2. The van der Waals surface area contributed by atoms with E-state index < -0.39 is 14.1 Å². The van der Waals surface area contributed by atoms with E-state index in [1.54, 1.807) is 14.2 Å². The van der Waals surface area contributed by atoms with Crippen molar-refractivity contribution in [2.45, 2.75) is 84.0 Å². The SMILES string of the molecule is COc1ccc(C(OCC2OC(C)C(C)C2OP(OCCC#N)N(C(C)C)C(C)C)(c2ccccc2)c2ccc(OC)cc2)cc1. The van der Waals surface area contributed by atoms with Crippen LogP contribution in [-0.2, 0) is 24.1 Å². The van der Waals surface area contributed by atoms with Gasteiger partial charge < -0.3 is 28.0 Å². The molecular weight excluding hydrogens is 599 g/mol. The van der Waals surface area contributed by atoms with E-state index in [9.17, 15) is 5.26 Å². The van der Waals surface area contributed by atoms with Crippen molar-refractivity contribution in [3.63, 3.8) is 0 Å². The lowest BCUT2D eigenvalue weighted by Gasteiger charge is -2.39. The van der Waals surface area contributed by atoms with Crippen molar-refractivity contribution in [1.82, 2.24) is 4.67 Å². The van der Waals surface area contributed by atoms with Crippen LogP contribution in [0.3, 0.4) is 0 Å². The van der Waals surface area contributed by atoms with Crippen LogP contribution in [-0.4, -0.2) is 62.5 Å².